The fourth-order valence-electron chi connectivity index (χ4n) is 3.02. The summed E-state index contributed by atoms with van der Waals surface area (Å²) in [5.74, 6) is 0.126. The second kappa shape index (κ2) is 4.52. The lowest BCUT2D eigenvalue weighted by Gasteiger charge is -2.38. The molecular formula is C13H19N3O3. The van der Waals surface area contributed by atoms with Crippen molar-refractivity contribution in [2.24, 2.45) is 0 Å². The van der Waals surface area contributed by atoms with E-state index in [1.165, 1.54) is 0 Å². The molecule has 6 heteroatoms. The number of likely N-dealkylation sites (tertiary alicyclic amines) is 1. The molecular weight excluding hydrogens is 246 g/mol. The Morgan fingerprint density at radius 2 is 2.21 bits per heavy atom. The van der Waals surface area contributed by atoms with Gasteiger partial charge in [0.05, 0.1) is 6.54 Å². The van der Waals surface area contributed by atoms with E-state index in [9.17, 15) is 9.59 Å². The van der Waals surface area contributed by atoms with Crippen LogP contribution in [0.25, 0.3) is 0 Å². The van der Waals surface area contributed by atoms with Crippen LogP contribution in [0.5, 0.6) is 0 Å². The summed E-state index contributed by atoms with van der Waals surface area (Å²) in [6, 6.07) is -0.178. The lowest BCUT2D eigenvalue weighted by Crippen LogP contribution is -2.52. The molecule has 104 valence electrons. The highest BCUT2D eigenvalue weighted by Gasteiger charge is 2.46. The molecule has 3 heterocycles. The van der Waals surface area contributed by atoms with E-state index in [0.29, 0.717) is 19.6 Å². The molecule has 1 spiro atoms. The predicted octanol–water partition coefficient (Wildman–Crippen LogP) is -0.0424. The largest absolute Gasteiger partial charge is 0.441 e. The molecule has 3 aliphatic rings. The number of hydrogen-bond donors (Lipinski definition) is 1. The van der Waals surface area contributed by atoms with Gasteiger partial charge in [0, 0.05) is 39.5 Å². The summed E-state index contributed by atoms with van der Waals surface area (Å²) in [5.41, 5.74) is -0.373. The molecule has 0 aromatic heterocycles. The van der Waals surface area contributed by atoms with Crippen LogP contribution in [-0.4, -0.2) is 66.7 Å². The zero-order valence-electron chi connectivity index (χ0n) is 11.1. The highest BCUT2D eigenvalue weighted by atomic mass is 16.6. The van der Waals surface area contributed by atoms with Crippen molar-refractivity contribution in [2.75, 3.05) is 33.2 Å². The molecule has 2 fully saturated rings. The molecule has 1 atom stereocenters. The number of nitrogens with zero attached hydrogens (tertiary/aromatic N) is 2. The van der Waals surface area contributed by atoms with Crippen molar-refractivity contribution >= 4 is 12.0 Å². The molecule has 3 rings (SSSR count). The predicted molar refractivity (Wildman–Crippen MR) is 68.6 cm³/mol. The van der Waals surface area contributed by atoms with Crippen molar-refractivity contribution in [1.29, 1.82) is 0 Å². The Labute approximate surface area is 112 Å². The molecule has 0 bridgehead atoms. The molecule has 0 saturated carbocycles. The minimum Gasteiger partial charge on any atom is -0.441 e. The van der Waals surface area contributed by atoms with Crippen molar-refractivity contribution in [3.63, 3.8) is 0 Å². The first kappa shape index (κ1) is 12.5. The number of carbonyl (C=O) groups excluding carboxylic acids is 2. The quantitative estimate of drug-likeness (QED) is 0.676. The minimum absolute atomic E-state index is 0.126. The number of carbonyl (C=O) groups is 2. The van der Waals surface area contributed by atoms with Crippen molar-refractivity contribution in [2.45, 2.75) is 24.5 Å². The summed E-state index contributed by atoms with van der Waals surface area (Å²) >= 11 is 0. The van der Waals surface area contributed by atoms with Crippen LogP contribution in [-0.2, 0) is 9.53 Å². The molecule has 0 aliphatic carbocycles. The van der Waals surface area contributed by atoms with E-state index in [1.807, 2.05) is 17.1 Å². The zero-order chi connectivity index (χ0) is 13.5. The molecule has 1 N–H and O–H groups in total. The van der Waals surface area contributed by atoms with E-state index in [1.54, 1.807) is 11.9 Å². The van der Waals surface area contributed by atoms with Gasteiger partial charge in [0.25, 0.3) is 0 Å². The second-order valence-electron chi connectivity index (χ2n) is 5.55. The maximum atomic E-state index is 12.2. The standard InChI is InChI=1S/C13H19N3O3/c1-15-9-13(19-12(15)18)4-7-16(8-5-13)11(17)10-3-2-6-14-10/h2-3,10,14H,4-9H2,1H3. The molecule has 0 aromatic carbocycles. The van der Waals surface area contributed by atoms with Gasteiger partial charge in [-0.1, -0.05) is 12.2 Å². The maximum absolute atomic E-state index is 12.2. The van der Waals surface area contributed by atoms with Gasteiger partial charge in [-0.05, 0) is 0 Å². The average molecular weight is 265 g/mol. The second-order valence-corrected chi connectivity index (χ2v) is 5.55. The first-order chi connectivity index (χ1) is 9.10. The van der Waals surface area contributed by atoms with Gasteiger partial charge in [0.15, 0.2) is 0 Å². The van der Waals surface area contributed by atoms with Crippen LogP contribution in [0.1, 0.15) is 12.8 Å². The normalized spacial score (nSPS) is 29.1. The lowest BCUT2D eigenvalue weighted by molar-refractivity contribution is -0.135. The maximum Gasteiger partial charge on any atom is 0.410 e. The molecule has 6 nitrogen and oxygen atoms in total. The van der Waals surface area contributed by atoms with Crippen LogP contribution in [0.4, 0.5) is 4.79 Å². The Balaban J connectivity index is 1.59. The number of amides is 2. The topological polar surface area (TPSA) is 61.9 Å². The number of likely N-dealkylation sites (N-methyl/N-ethyl adjacent to an activating group) is 1. The summed E-state index contributed by atoms with van der Waals surface area (Å²) in [6.07, 6.45) is 5.09. The Morgan fingerprint density at radius 3 is 2.74 bits per heavy atom. The van der Waals surface area contributed by atoms with Crippen LogP contribution in [0.15, 0.2) is 12.2 Å². The first-order valence-electron chi connectivity index (χ1n) is 6.73. The summed E-state index contributed by atoms with van der Waals surface area (Å²) in [6.45, 7) is 2.71. The Bertz CT molecular complexity index is 427. The Hall–Kier alpha value is -1.56. The third-order valence-electron chi connectivity index (χ3n) is 4.18. The van der Waals surface area contributed by atoms with Crippen LogP contribution < -0.4 is 5.32 Å². The SMILES string of the molecule is CN1CC2(CCN(C(=O)C3C=CCN3)CC2)OC1=O. The van der Waals surface area contributed by atoms with E-state index in [4.69, 9.17) is 4.74 Å². The van der Waals surface area contributed by atoms with Crippen LogP contribution >= 0.6 is 0 Å². The molecule has 1 unspecified atom stereocenters. The molecule has 2 amide bonds. The van der Waals surface area contributed by atoms with Crippen molar-refractivity contribution < 1.29 is 14.3 Å². The monoisotopic (exact) mass is 265 g/mol. The van der Waals surface area contributed by atoms with Gasteiger partial charge < -0.3 is 14.5 Å². The molecule has 19 heavy (non-hydrogen) atoms. The van der Waals surface area contributed by atoms with E-state index >= 15 is 0 Å². The van der Waals surface area contributed by atoms with Crippen molar-refractivity contribution in [3.8, 4) is 0 Å². The fraction of sp³-hybridized carbons (Fsp3) is 0.692. The van der Waals surface area contributed by atoms with Gasteiger partial charge in [-0.3, -0.25) is 10.1 Å². The number of rotatable bonds is 1. The molecule has 0 radical (unpaired) electrons. The number of ether oxygens (including phenoxy) is 1. The Kier molecular flexibility index (Phi) is 2.97. The van der Waals surface area contributed by atoms with E-state index in [2.05, 4.69) is 5.32 Å². The summed E-state index contributed by atoms with van der Waals surface area (Å²) < 4.78 is 5.48. The number of hydrogen-bond acceptors (Lipinski definition) is 4. The van der Waals surface area contributed by atoms with Crippen LogP contribution in [0.2, 0.25) is 0 Å². The van der Waals surface area contributed by atoms with Gasteiger partial charge in [0.1, 0.15) is 11.6 Å². The zero-order valence-corrected chi connectivity index (χ0v) is 11.1. The van der Waals surface area contributed by atoms with Crippen molar-refractivity contribution in [3.05, 3.63) is 12.2 Å². The number of piperidine rings is 1. The summed E-state index contributed by atoms with van der Waals surface area (Å²) in [5, 5.41) is 3.13. The lowest BCUT2D eigenvalue weighted by atomic mass is 9.91. The highest BCUT2D eigenvalue weighted by molar-refractivity contribution is 5.84. The minimum atomic E-state index is -0.373. The van der Waals surface area contributed by atoms with E-state index in [0.717, 1.165) is 19.4 Å². The van der Waals surface area contributed by atoms with Crippen molar-refractivity contribution in [1.82, 2.24) is 15.1 Å². The Morgan fingerprint density at radius 1 is 1.47 bits per heavy atom. The average Bonchev–Trinajstić information content (AvgIpc) is 3.00. The first-order valence-corrected chi connectivity index (χ1v) is 6.73. The highest BCUT2D eigenvalue weighted by Crippen LogP contribution is 2.32. The smallest absolute Gasteiger partial charge is 0.410 e. The number of nitrogens with one attached hydrogen (secondary N) is 1. The third-order valence-corrected chi connectivity index (χ3v) is 4.18. The van der Waals surface area contributed by atoms with Gasteiger partial charge >= 0.3 is 6.09 Å². The fourth-order valence-corrected chi connectivity index (χ4v) is 3.02. The van der Waals surface area contributed by atoms with Crippen LogP contribution in [0, 0.1) is 0 Å². The van der Waals surface area contributed by atoms with Crippen LogP contribution in [0.3, 0.4) is 0 Å². The van der Waals surface area contributed by atoms with E-state index in [-0.39, 0.29) is 23.6 Å². The van der Waals surface area contributed by atoms with Gasteiger partial charge in [-0.15, -0.1) is 0 Å². The van der Waals surface area contributed by atoms with Gasteiger partial charge in [-0.25, -0.2) is 4.79 Å². The molecule has 3 aliphatic heterocycles. The van der Waals surface area contributed by atoms with Gasteiger partial charge in [0.2, 0.25) is 5.91 Å². The summed E-state index contributed by atoms with van der Waals surface area (Å²) in [4.78, 5) is 27.2. The molecule has 0 aromatic rings. The summed E-state index contributed by atoms with van der Waals surface area (Å²) in [7, 11) is 1.75. The van der Waals surface area contributed by atoms with Gasteiger partial charge in [-0.2, -0.15) is 0 Å². The third kappa shape index (κ3) is 2.20. The van der Waals surface area contributed by atoms with E-state index < -0.39 is 0 Å². The molecule has 2 saturated heterocycles.